The van der Waals surface area contributed by atoms with E-state index >= 15 is 0 Å². The summed E-state index contributed by atoms with van der Waals surface area (Å²) in [5.74, 6) is 1.42. The van der Waals surface area contributed by atoms with Gasteiger partial charge in [-0.3, -0.25) is 0 Å². The highest BCUT2D eigenvalue weighted by molar-refractivity contribution is 4.87. The fourth-order valence-corrected chi connectivity index (χ4v) is 2.43. The van der Waals surface area contributed by atoms with Crippen LogP contribution in [0.5, 0.6) is 0 Å². The van der Waals surface area contributed by atoms with Gasteiger partial charge in [-0.05, 0) is 38.9 Å². The van der Waals surface area contributed by atoms with Crippen molar-refractivity contribution in [2.24, 2.45) is 17.8 Å². The molecule has 1 saturated heterocycles. The number of hydrogen-bond acceptors (Lipinski definition) is 3. The molecule has 1 heterocycles. The average Bonchev–Trinajstić information content (AvgIpc) is 2.60. The van der Waals surface area contributed by atoms with Gasteiger partial charge in [0.05, 0.1) is 12.0 Å². The molecule has 0 aliphatic carbocycles. The molecule has 1 rings (SSSR count). The van der Waals surface area contributed by atoms with Crippen molar-refractivity contribution in [3.05, 3.63) is 0 Å². The Bertz CT molecular complexity index is 244. The van der Waals surface area contributed by atoms with Crippen LogP contribution in [0.15, 0.2) is 0 Å². The molecule has 1 aliphatic heterocycles. The second-order valence-corrected chi connectivity index (χ2v) is 5.62. The molecule has 0 N–H and O–H groups in total. The van der Waals surface area contributed by atoms with Gasteiger partial charge in [0.2, 0.25) is 0 Å². The first kappa shape index (κ1) is 13.5. The first-order valence-corrected chi connectivity index (χ1v) is 6.29. The minimum Gasteiger partial charge on any atom is -0.306 e. The lowest BCUT2D eigenvalue weighted by atomic mass is 9.96. The highest BCUT2D eigenvalue weighted by Gasteiger charge is 2.22. The molecule has 0 radical (unpaired) electrons. The van der Waals surface area contributed by atoms with Gasteiger partial charge in [-0.15, -0.1) is 0 Å². The van der Waals surface area contributed by atoms with Gasteiger partial charge in [0.1, 0.15) is 0 Å². The molecule has 3 nitrogen and oxygen atoms in total. The van der Waals surface area contributed by atoms with Crippen LogP contribution in [0.2, 0.25) is 0 Å². The molecule has 3 heteroatoms. The molecule has 0 spiro atoms. The van der Waals surface area contributed by atoms with E-state index in [1.54, 1.807) is 0 Å². The normalized spacial score (nSPS) is 23.9. The van der Waals surface area contributed by atoms with Crippen molar-refractivity contribution < 1.29 is 0 Å². The second-order valence-electron chi connectivity index (χ2n) is 5.62. The first-order chi connectivity index (χ1) is 7.52. The van der Waals surface area contributed by atoms with E-state index < -0.39 is 0 Å². The molecule has 1 aliphatic rings. The quantitative estimate of drug-likeness (QED) is 0.710. The van der Waals surface area contributed by atoms with Crippen LogP contribution in [0.3, 0.4) is 0 Å². The maximum atomic E-state index is 9.06. The average molecular weight is 223 g/mol. The summed E-state index contributed by atoms with van der Waals surface area (Å²) in [6.45, 7) is 8.74. The summed E-state index contributed by atoms with van der Waals surface area (Å²) >= 11 is 0. The molecular weight excluding hydrogens is 198 g/mol. The molecule has 0 aromatic carbocycles. The monoisotopic (exact) mass is 223 g/mol. The molecule has 0 aromatic heterocycles. The van der Waals surface area contributed by atoms with Crippen LogP contribution in [0.25, 0.3) is 0 Å². The van der Waals surface area contributed by atoms with Gasteiger partial charge in [-0.2, -0.15) is 5.26 Å². The summed E-state index contributed by atoms with van der Waals surface area (Å²) in [5.41, 5.74) is 0. The molecule has 2 unspecified atom stereocenters. The van der Waals surface area contributed by atoms with Crippen LogP contribution in [-0.4, -0.2) is 50.1 Å². The van der Waals surface area contributed by atoms with Crippen molar-refractivity contribution in [3.8, 4) is 6.07 Å². The molecule has 0 bridgehead atoms. The number of hydrogen-bond donors (Lipinski definition) is 0. The summed E-state index contributed by atoms with van der Waals surface area (Å²) in [6.07, 6.45) is 1.31. The molecule has 0 saturated carbocycles. The number of nitriles is 1. The van der Waals surface area contributed by atoms with Crippen LogP contribution < -0.4 is 0 Å². The minimum absolute atomic E-state index is 0.170. The Kier molecular flexibility index (Phi) is 5.24. The predicted octanol–water partition coefficient (Wildman–Crippen LogP) is 1.67. The predicted molar refractivity (Wildman–Crippen MR) is 67.0 cm³/mol. The van der Waals surface area contributed by atoms with E-state index in [4.69, 9.17) is 5.26 Å². The number of likely N-dealkylation sites (tertiary alicyclic amines) is 1. The van der Waals surface area contributed by atoms with Crippen molar-refractivity contribution in [2.45, 2.75) is 20.3 Å². The largest absolute Gasteiger partial charge is 0.306 e. The lowest BCUT2D eigenvalue weighted by molar-refractivity contribution is 0.235. The van der Waals surface area contributed by atoms with Gasteiger partial charge in [0.25, 0.3) is 0 Å². The zero-order valence-corrected chi connectivity index (χ0v) is 11.1. The van der Waals surface area contributed by atoms with Crippen LogP contribution in [0.1, 0.15) is 20.3 Å². The minimum atomic E-state index is 0.170. The first-order valence-electron chi connectivity index (χ1n) is 6.29. The molecule has 2 atom stereocenters. The summed E-state index contributed by atoms with van der Waals surface area (Å²) in [6, 6.07) is 2.41. The highest BCUT2D eigenvalue weighted by Crippen LogP contribution is 2.17. The Morgan fingerprint density at radius 1 is 1.50 bits per heavy atom. The molecular formula is C13H25N3. The fraction of sp³-hybridized carbons (Fsp3) is 0.923. The molecule has 16 heavy (non-hydrogen) atoms. The summed E-state index contributed by atoms with van der Waals surface area (Å²) < 4.78 is 0. The third-order valence-electron chi connectivity index (χ3n) is 3.54. The van der Waals surface area contributed by atoms with E-state index in [1.807, 2.05) is 0 Å². The molecule has 0 amide bonds. The molecule has 1 fully saturated rings. The third kappa shape index (κ3) is 4.11. The van der Waals surface area contributed by atoms with Crippen molar-refractivity contribution in [2.75, 3.05) is 40.3 Å². The van der Waals surface area contributed by atoms with Crippen molar-refractivity contribution in [3.63, 3.8) is 0 Å². The van der Waals surface area contributed by atoms with E-state index in [-0.39, 0.29) is 5.92 Å². The van der Waals surface area contributed by atoms with Gasteiger partial charge in [-0.1, -0.05) is 13.8 Å². The Morgan fingerprint density at radius 2 is 2.19 bits per heavy atom. The van der Waals surface area contributed by atoms with Gasteiger partial charge in [-0.25, -0.2) is 0 Å². The van der Waals surface area contributed by atoms with E-state index in [2.05, 4.69) is 43.8 Å². The van der Waals surface area contributed by atoms with Crippen molar-refractivity contribution in [1.29, 1.82) is 5.26 Å². The van der Waals surface area contributed by atoms with E-state index in [0.717, 1.165) is 19.0 Å². The number of rotatable bonds is 5. The lowest BCUT2D eigenvalue weighted by Gasteiger charge is -2.24. The van der Waals surface area contributed by atoms with E-state index in [9.17, 15) is 0 Å². The van der Waals surface area contributed by atoms with E-state index in [1.165, 1.54) is 19.5 Å². The van der Waals surface area contributed by atoms with Crippen LogP contribution in [-0.2, 0) is 0 Å². The maximum Gasteiger partial charge on any atom is 0.0671 e. The van der Waals surface area contributed by atoms with Crippen LogP contribution in [0, 0.1) is 29.1 Å². The number of nitrogens with zero attached hydrogens (tertiary/aromatic N) is 3. The zero-order valence-electron chi connectivity index (χ0n) is 11.1. The Balaban J connectivity index is 2.30. The van der Waals surface area contributed by atoms with Gasteiger partial charge in [0.15, 0.2) is 0 Å². The van der Waals surface area contributed by atoms with Crippen LogP contribution >= 0.6 is 0 Å². The van der Waals surface area contributed by atoms with Gasteiger partial charge < -0.3 is 9.80 Å². The van der Waals surface area contributed by atoms with Gasteiger partial charge in [0, 0.05) is 19.6 Å². The topological polar surface area (TPSA) is 30.3 Å². The molecule has 92 valence electrons. The van der Waals surface area contributed by atoms with E-state index in [0.29, 0.717) is 5.92 Å². The standard InChI is InChI=1S/C13H25N3/c1-11(2)13(7-14)10-16(4)9-12-5-6-15(3)8-12/h11-13H,5-6,8-10H2,1-4H3. The zero-order chi connectivity index (χ0) is 12.1. The Hall–Kier alpha value is -0.590. The highest BCUT2D eigenvalue weighted by atomic mass is 15.1. The second kappa shape index (κ2) is 6.22. The summed E-state index contributed by atoms with van der Waals surface area (Å²) in [5, 5.41) is 9.06. The SMILES string of the molecule is CC(C)C(C#N)CN(C)CC1CCN(C)C1. The summed E-state index contributed by atoms with van der Waals surface area (Å²) in [4.78, 5) is 4.72. The van der Waals surface area contributed by atoms with Crippen LogP contribution in [0.4, 0.5) is 0 Å². The third-order valence-corrected chi connectivity index (χ3v) is 3.54. The fourth-order valence-electron chi connectivity index (χ4n) is 2.43. The summed E-state index contributed by atoms with van der Waals surface area (Å²) in [7, 11) is 4.33. The smallest absolute Gasteiger partial charge is 0.0671 e. The molecule has 0 aromatic rings. The van der Waals surface area contributed by atoms with Gasteiger partial charge >= 0.3 is 0 Å². The lowest BCUT2D eigenvalue weighted by Crippen LogP contribution is -2.32. The van der Waals surface area contributed by atoms with Crippen molar-refractivity contribution >= 4 is 0 Å². The maximum absolute atomic E-state index is 9.06. The Labute approximate surface area is 100 Å². The Morgan fingerprint density at radius 3 is 2.62 bits per heavy atom. The van der Waals surface area contributed by atoms with Crippen molar-refractivity contribution in [1.82, 2.24) is 9.80 Å².